The van der Waals surface area contributed by atoms with Gasteiger partial charge in [0.05, 0.1) is 0 Å². The molecular weight excluding hydrogens is 199 g/mol. The Kier molecular flexibility index (Phi) is 6.14. The molecule has 0 heterocycles. The maximum atomic E-state index is 12.9. The third-order valence-electron chi connectivity index (χ3n) is 3.15. The van der Waals surface area contributed by atoms with E-state index in [-0.39, 0.29) is 5.82 Å². The van der Waals surface area contributed by atoms with Crippen LogP contribution in [0.1, 0.15) is 63.9 Å². The van der Waals surface area contributed by atoms with Crippen LogP contribution >= 0.6 is 0 Å². The normalized spacial score (nSPS) is 11.0. The maximum absolute atomic E-state index is 12.9. The van der Waals surface area contributed by atoms with E-state index in [4.69, 9.17) is 0 Å². The lowest BCUT2D eigenvalue weighted by molar-refractivity contribution is 0.523. The van der Waals surface area contributed by atoms with Crippen molar-refractivity contribution < 1.29 is 4.39 Å². The van der Waals surface area contributed by atoms with Crippen LogP contribution in [-0.2, 0) is 0 Å². The average Bonchev–Trinajstić information content (AvgIpc) is 2.31. The number of hydrogen-bond acceptors (Lipinski definition) is 0. The van der Waals surface area contributed by atoms with E-state index in [2.05, 4.69) is 13.8 Å². The molecule has 1 heteroatoms. The lowest BCUT2D eigenvalue weighted by atomic mass is 9.89. The molecule has 0 saturated carbocycles. The first-order valence-electron chi connectivity index (χ1n) is 6.53. The van der Waals surface area contributed by atoms with Gasteiger partial charge < -0.3 is 0 Å². The van der Waals surface area contributed by atoms with Crippen molar-refractivity contribution in [2.75, 3.05) is 0 Å². The van der Waals surface area contributed by atoms with Crippen LogP contribution in [0.5, 0.6) is 0 Å². The Bertz CT molecular complexity index is 268. The zero-order valence-electron chi connectivity index (χ0n) is 10.5. The summed E-state index contributed by atoms with van der Waals surface area (Å²) in [6, 6.07) is 7.07. The van der Waals surface area contributed by atoms with Crippen molar-refractivity contribution in [1.29, 1.82) is 0 Å². The molecule has 0 bridgehead atoms. The Morgan fingerprint density at radius 3 is 1.88 bits per heavy atom. The molecule has 0 aliphatic carbocycles. The van der Waals surface area contributed by atoms with Crippen LogP contribution < -0.4 is 0 Å². The topological polar surface area (TPSA) is 0 Å². The molecule has 0 aromatic heterocycles. The number of unbranched alkanes of at least 4 members (excludes halogenated alkanes) is 2. The molecular formula is C15H23F. The highest BCUT2D eigenvalue weighted by Crippen LogP contribution is 2.27. The molecule has 0 fully saturated rings. The molecule has 1 aromatic rings. The average molecular weight is 222 g/mol. The molecule has 1 aromatic carbocycles. The van der Waals surface area contributed by atoms with Gasteiger partial charge in [-0.15, -0.1) is 0 Å². The molecule has 0 atom stereocenters. The van der Waals surface area contributed by atoms with E-state index in [1.165, 1.54) is 44.1 Å². The van der Waals surface area contributed by atoms with E-state index in [0.29, 0.717) is 5.92 Å². The highest BCUT2D eigenvalue weighted by Gasteiger charge is 2.10. The van der Waals surface area contributed by atoms with Crippen LogP contribution in [0.4, 0.5) is 4.39 Å². The van der Waals surface area contributed by atoms with Gasteiger partial charge in [0.2, 0.25) is 0 Å². The van der Waals surface area contributed by atoms with Gasteiger partial charge in [-0.3, -0.25) is 0 Å². The van der Waals surface area contributed by atoms with Crippen LogP contribution in [-0.4, -0.2) is 0 Å². The highest BCUT2D eigenvalue weighted by atomic mass is 19.1. The summed E-state index contributed by atoms with van der Waals surface area (Å²) >= 11 is 0. The van der Waals surface area contributed by atoms with Crippen LogP contribution in [0.25, 0.3) is 0 Å². The SMILES string of the molecule is CCCCC(CCCC)c1ccc(F)cc1. The zero-order valence-corrected chi connectivity index (χ0v) is 10.5. The second-order valence-electron chi connectivity index (χ2n) is 4.53. The third-order valence-corrected chi connectivity index (χ3v) is 3.15. The molecule has 0 radical (unpaired) electrons. The first-order chi connectivity index (χ1) is 7.77. The Balaban J connectivity index is 2.62. The van der Waals surface area contributed by atoms with Crippen LogP contribution in [0.3, 0.4) is 0 Å². The van der Waals surface area contributed by atoms with Gasteiger partial charge in [-0.25, -0.2) is 4.39 Å². The summed E-state index contributed by atoms with van der Waals surface area (Å²) < 4.78 is 12.9. The van der Waals surface area contributed by atoms with Crippen molar-refractivity contribution in [3.8, 4) is 0 Å². The first-order valence-corrected chi connectivity index (χ1v) is 6.53. The standard InChI is InChI=1S/C15H23F/c1-3-5-7-13(8-6-4-2)14-9-11-15(16)12-10-14/h9-13H,3-8H2,1-2H3. The van der Waals surface area contributed by atoms with Gasteiger partial charge in [0.15, 0.2) is 0 Å². The van der Waals surface area contributed by atoms with E-state index in [0.717, 1.165) is 0 Å². The Morgan fingerprint density at radius 1 is 0.938 bits per heavy atom. The molecule has 0 unspecified atom stereocenters. The fraction of sp³-hybridized carbons (Fsp3) is 0.600. The predicted molar refractivity (Wildman–Crippen MR) is 68.2 cm³/mol. The van der Waals surface area contributed by atoms with Gasteiger partial charge in [-0.05, 0) is 36.5 Å². The number of hydrogen-bond donors (Lipinski definition) is 0. The van der Waals surface area contributed by atoms with E-state index in [1.807, 2.05) is 12.1 Å². The number of benzene rings is 1. The molecule has 90 valence electrons. The molecule has 0 nitrogen and oxygen atoms in total. The van der Waals surface area contributed by atoms with Crippen molar-refractivity contribution in [3.05, 3.63) is 35.6 Å². The lowest BCUT2D eigenvalue weighted by Gasteiger charge is -2.16. The van der Waals surface area contributed by atoms with Crippen molar-refractivity contribution in [2.45, 2.75) is 58.3 Å². The van der Waals surface area contributed by atoms with Crippen molar-refractivity contribution in [3.63, 3.8) is 0 Å². The second-order valence-corrected chi connectivity index (χ2v) is 4.53. The summed E-state index contributed by atoms with van der Waals surface area (Å²) in [6.07, 6.45) is 7.50. The van der Waals surface area contributed by atoms with E-state index >= 15 is 0 Å². The molecule has 0 N–H and O–H groups in total. The van der Waals surface area contributed by atoms with Crippen LogP contribution in [0, 0.1) is 5.82 Å². The number of halogens is 1. The minimum absolute atomic E-state index is 0.131. The van der Waals surface area contributed by atoms with E-state index in [1.54, 1.807) is 12.1 Å². The van der Waals surface area contributed by atoms with E-state index in [9.17, 15) is 4.39 Å². The van der Waals surface area contributed by atoms with Crippen molar-refractivity contribution >= 4 is 0 Å². The second kappa shape index (κ2) is 7.43. The quantitative estimate of drug-likeness (QED) is 0.588. The summed E-state index contributed by atoms with van der Waals surface area (Å²) in [4.78, 5) is 0. The monoisotopic (exact) mass is 222 g/mol. The number of rotatable bonds is 7. The molecule has 1 rings (SSSR count). The summed E-state index contributed by atoms with van der Waals surface area (Å²) in [7, 11) is 0. The van der Waals surface area contributed by atoms with Gasteiger partial charge >= 0.3 is 0 Å². The summed E-state index contributed by atoms with van der Waals surface area (Å²) in [6.45, 7) is 4.45. The highest BCUT2D eigenvalue weighted by molar-refractivity contribution is 5.20. The van der Waals surface area contributed by atoms with Crippen molar-refractivity contribution in [1.82, 2.24) is 0 Å². The van der Waals surface area contributed by atoms with Gasteiger partial charge in [-0.2, -0.15) is 0 Å². The maximum Gasteiger partial charge on any atom is 0.123 e. The fourth-order valence-corrected chi connectivity index (χ4v) is 2.11. The van der Waals surface area contributed by atoms with Gasteiger partial charge in [-0.1, -0.05) is 51.7 Å². The molecule has 0 spiro atoms. The van der Waals surface area contributed by atoms with Crippen LogP contribution in [0.2, 0.25) is 0 Å². The minimum Gasteiger partial charge on any atom is -0.207 e. The Morgan fingerprint density at radius 2 is 1.44 bits per heavy atom. The molecule has 0 amide bonds. The lowest BCUT2D eigenvalue weighted by Crippen LogP contribution is -1.99. The Hall–Kier alpha value is -0.850. The van der Waals surface area contributed by atoms with E-state index < -0.39 is 0 Å². The van der Waals surface area contributed by atoms with Crippen LogP contribution in [0.15, 0.2) is 24.3 Å². The Labute approximate surface area is 98.9 Å². The third kappa shape index (κ3) is 4.34. The van der Waals surface area contributed by atoms with Gasteiger partial charge in [0, 0.05) is 0 Å². The molecule has 0 aliphatic rings. The van der Waals surface area contributed by atoms with Gasteiger partial charge in [0.1, 0.15) is 5.82 Å². The molecule has 0 aliphatic heterocycles. The largest absolute Gasteiger partial charge is 0.207 e. The predicted octanol–water partition coefficient (Wildman–Crippen LogP) is 5.29. The summed E-state index contributed by atoms with van der Waals surface area (Å²) in [5.74, 6) is 0.494. The fourth-order valence-electron chi connectivity index (χ4n) is 2.11. The summed E-state index contributed by atoms with van der Waals surface area (Å²) in [5.41, 5.74) is 1.31. The molecule has 16 heavy (non-hydrogen) atoms. The van der Waals surface area contributed by atoms with Crippen molar-refractivity contribution in [2.24, 2.45) is 0 Å². The van der Waals surface area contributed by atoms with Gasteiger partial charge in [0.25, 0.3) is 0 Å². The zero-order chi connectivity index (χ0) is 11.8. The smallest absolute Gasteiger partial charge is 0.123 e. The summed E-state index contributed by atoms with van der Waals surface area (Å²) in [5, 5.41) is 0. The molecule has 0 saturated heterocycles. The minimum atomic E-state index is -0.131. The first kappa shape index (κ1) is 13.2.